The van der Waals surface area contributed by atoms with Gasteiger partial charge in [-0.1, -0.05) is 19.1 Å². The summed E-state index contributed by atoms with van der Waals surface area (Å²) in [4.78, 5) is 14.7. The molecule has 0 aliphatic heterocycles. The van der Waals surface area contributed by atoms with Crippen molar-refractivity contribution in [3.63, 3.8) is 0 Å². The van der Waals surface area contributed by atoms with Gasteiger partial charge in [0.1, 0.15) is 0 Å². The quantitative estimate of drug-likeness (QED) is 0.661. The number of nitrogens with one attached hydrogen (secondary N) is 1. The summed E-state index contributed by atoms with van der Waals surface area (Å²) in [6.07, 6.45) is 1.58. The summed E-state index contributed by atoms with van der Waals surface area (Å²) in [6.45, 7) is 10.9. The van der Waals surface area contributed by atoms with E-state index in [-0.39, 0.29) is 24.0 Å². The minimum Gasteiger partial charge on any atom is -0.393 e. The number of hydrogen-bond donors (Lipinski definition) is 2. The van der Waals surface area contributed by atoms with Gasteiger partial charge in [0, 0.05) is 25.0 Å². The van der Waals surface area contributed by atoms with Crippen molar-refractivity contribution in [2.45, 2.75) is 65.6 Å². The monoisotopic (exact) mass is 273 g/mol. The van der Waals surface area contributed by atoms with Crippen molar-refractivity contribution in [3.05, 3.63) is 0 Å². The fourth-order valence-corrected chi connectivity index (χ4v) is 1.85. The van der Waals surface area contributed by atoms with E-state index in [0.717, 1.165) is 13.0 Å². The second kappa shape index (κ2) is 8.43. The van der Waals surface area contributed by atoms with Gasteiger partial charge in [-0.2, -0.15) is 0 Å². The molecule has 0 aliphatic rings. The van der Waals surface area contributed by atoms with Gasteiger partial charge in [0.25, 0.3) is 0 Å². The van der Waals surface area contributed by atoms with Crippen LogP contribution < -0.4 is 11.1 Å². The number of rotatable bonds is 8. The molecule has 0 rings (SSSR count). The molecule has 4 nitrogen and oxygen atoms in total. The van der Waals surface area contributed by atoms with Crippen molar-refractivity contribution in [3.8, 4) is 0 Å². The number of hydrogen-bond acceptors (Lipinski definition) is 3. The normalized spacial score (nSPS) is 14.6. The number of thiocarbonyl (C=S) groups is 1. The third kappa shape index (κ3) is 6.31. The minimum absolute atomic E-state index is 0.0704. The number of nitrogens with two attached hydrogens (primary N) is 1. The molecule has 0 aliphatic carbocycles. The van der Waals surface area contributed by atoms with E-state index in [1.165, 1.54) is 0 Å². The van der Waals surface area contributed by atoms with Gasteiger partial charge < -0.3 is 11.1 Å². The molecule has 0 aromatic rings. The molecule has 3 N–H and O–H groups in total. The van der Waals surface area contributed by atoms with Crippen molar-refractivity contribution in [2.24, 2.45) is 5.73 Å². The lowest BCUT2D eigenvalue weighted by Gasteiger charge is -2.32. The molecular weight excluding hydrogens is 246 g/mol. The Labute approximate surface area is 116 Å². The first-order valence-corrected chi connectivity index (χ1v) is 7.04. The summed E-state index contributed by atoms with van der Waals surface area (Å²) in [5.74, 6) is 0.0704. The number of carbonyl (C=O) groups excluding carboxylic acids is 1. The van der Waals surface area contributed by atoms with Gasteiger partial charge in [-0.15, -0.1) is 0 Å². The second-order valence-corrected chi connectivity index (χ2v) is 5.57. The summed E-state index contributed by atoms with van der Waals surface area (Å²) in [6, 6.07) is 0.343. The zero-order valence-corrected chi connectivity index (χ0v) is 13.0. The van der Waals surface area contributed by atoms with Crippen LogP contribution in [0.25, 0.3) is 0 Å². The Morgan fingerprint density at radius 1 is 1.33 bits per heavy atom. The summed E-state index contributed by atoms with van der Waals surface area (Å²) in [7, 11) is 0. The van der Waals surface area contributed by atoms with Crippen LogP contribution >= 0.6 is 12.2 Å². The van der Waals surface area contributed by atoms with Crippen molar-refractivity contribution < 1.29 is 4.79 Å². The molecule has 0 fully saturated rings. The van der Waals surface area contributed by atoms with Crippen LogP contribution in [0, 0.1) is 0 Å². The number of carbonyl (C=O) groups is 1. The van der Waals surface area contributed by atoms with E-state index < -0.39 is 0 Å². The van der Waals surface area contributed by atoms with Crippen LogP contribution in [0.1, 0.15) is 47.5 Å². The van der Waals surface area contributed by atoms with Crippen LogP contribution in [0.2, 0.25) is 0 Å². The molecule has 0 saturated carbocycles. The summed E-state index contributed by atoms with van der Waals surface area (Å²) in [5, 5.41) is 3.01. The van der Waals surface area contributed by atoms with Crippen molar-refractivity contribution in [1.29, 1.82) is 0 Å². The molecule has 0 heterocycles. The van der Waals surface area contributed by atoms with Crippen LogP contribution in [0.15, 0.2) is 0 Å². The summed E-state index contributed by atoms with van der Waals surface area (Å²) in [5.41, 5.74) is 5.52. The average molecular weight is 273 g/mol. The van der Waals surface area contributed by atoms with E-state index >= 15 is 0 Å². The fourth-order valence-electron chi connectivity index (χ4n) is 1.75. The SMILES string of the molecule is CCC(C)NC(=O)C(C)N(CCC(N)=S)C(C)C. The standard InChI is InChI=1S/C13H27N3OS/c1-6-10(4)15-13(17)11(5)16(9(2)3)8-7-12(14)18/h9-11H,6-8H2,1-5H3,(H2,14,18)(H,15,17). The van der Waals surface area contributed by atoms with Gasteiger partial charge in [-0.05, 0) is 34.1 Å². The lowest BCUT2D eigenvalue weighted by Crippen LogP contribution is -2.50. The highest BCUT2D eigenvalue weighted by Gasteiger charge is 2.24. The lowest BCUT2D eigenvalue weighted by atomic mass is 10.1. The molecule has 0 spiro atoms. The van der Waals surface area contributed by atoms with Gasteiger partial charge >= 0.3 is 0 Å². The fraction of sp³-hybridized carbons (Fsp3) is 0.846. The molecule has 0 aromatic carbocycles. The Bertz CT molecular complexity index is 281. The van der Waals surface area contributed by atoms with E-state index in [9.17, 15) is 4.79 Å². The molecule has 5 heteroatoms. The van der Waals surface area contributed by atoms with Crippen molar-refractivity contribution >= 4 is 23.1 Å². The van der Waals surface area contributed by atoms with Crippen molar-refractivity contribution in [1.82, 2.24) is 10.2 Å². The summed E-state index contributed by atoms with van der Waals surface area (Å²) < 4.78 is 0. The summed E-state index contributed by atoms with van der Waals surface area (Å²) >= 11 is 4.89. The van der Waals surface area contributed by atoms with Crippen LogP contribution in [0.5, 0.6) is 0 Å². The van der Waals surface area contributed by atoms with Crippen LogP contribution in [0.3, 0.4) is 0 Å². The maximum absolute atomic E-state index is 12.1. The zero-order valence-electron chi connectivity index (χ0n) is 12.2. The number of amides is 1. The van der Waals surface area contributed by atoms with Gasteiger partial charge in [-0.25, -0.2) is 0 Å². The third-order valence-corrected chi connectivity index (χ3v) is 3.36. The van der Waals surface area contributed by atoms with Crippen LogP contribution in [-0.2, 0) is 4.79 Å². The minimum atomic E-state index is -0.159. The molecule has 1 amide bonds. The third-order valence-electron chi connectivity index (χ3n) is 3.16. The van der Waals surface area contributed by atoms with Gasteiger partial charge in [0.2, 0.25) is 5.91 Å². The van der Waals surface area contributed by atoms with Crippen LogP contribution in [-0.4, -0.2) is 40.5 Å². The van der Waals surface area contributed by atoms with E-state index in [0.29, 0.717) is 11.4 Å². The van der Waals surface area contributed by atoms with Crippen molar-refractivity contribution in [2.75, 3.05) is 6.54 Å². The molecule has 2 atom stereocenters. The molecule has 18 heavy (non-hydrogen) atoms. The lowest BCUT2D eigenvalue weighted by molar-refractivity contribution is -0.127. The molecule has 0 aromatic heterocycles. The maximum Gasteiger partial charge on any atom is 0.237 e. The molecule has 0 bridgehead atoms. The number of nitrogens with zero attached hydrogens (tertiary/aromatic N) is 1. The Morgan fingerprint density at radius 3 is 2.28 bits per heavy atom. The van der Waals surface area contributed by atoms with Crippen LogP contribution in [0.4, 0.5) is 0 Å². The first kappa shape index (κ1) is 17.3. The Morgan fingerprint density at radius 2 is 1.89 bits per heavy atom. The smallest absolute Gasteiger partial charge is 0.237 e. The maximum atomic E-state index is 12.1. The molecular formula is C13H27N3OS. The van der Waals surface area contributed by atoms with E-state index in [1.807, 2.05) is 13.8 Å². The zero-order chi connectivity index (χ0) is 14.3. The first-order chi connectivity index (χ1) is 8.29. The van der Waals surface area contributed by atoms with Gasteiger partial charge in [0.15, 0.2) is 0 Å². The highest BCUT2D eigenvalue weighted by molar-refractivity contribution is 7.80. The molecule has 2 unspecified atom stereocenters. The Kier molecular flexibility index (Phi) is 8.11. The van der Waals surface area contributed by atoms with E-state index in [2.05, 4.69) is 31.0 Å². The Balaban J connectivity index is 4.50. The topological polar surface area (TPSA) is 58.4 Å². The molecule has 0 radical (unpaired) electrons. The van der Waals surface area contributed by atoms with Gasteiger partial charge in [-0.3, -0.25) is 9.69 Å². The Hall–Kier alpha value is -0.680. The largest absolute Gasteiger partial charge is 0.393 e. The molecule has 106 valence electrons. The van der Waals surface area contributed by atoms with E-state index in [4.69, 9.17) is 18.0 Å². The van der Waals surface area contributed by atoms with E-state index in [1.54, 1.807) is 0 Å². The average Bonchev–Trinajstić information content (AvgIpc) is 2.27. The predicted molar refractivity (Wildman–Crippen MR) is 80.6 cm³/mol. The highest BCUT2D eigenvalue weighted by atomic mass is 32.1. The first-order valence-electron chi connectivity index (χ1n) is 6.64. The molecule has 0 saturated heterocycles. The van der Waals surface area contributed by atoms with Gasteiger partial charge in [0.05, 0.1) is 11.0 Å². The second-order valence-electron chi connectivity index (χ2n) is 5.04. The predicted octanol–water partition coefficient (Wildman–Crippen LogP) is 1.68. The highest BCUT2D eigenvalue weighted by Crippen LogP contribution is 2.07.